The third-order valence-electron chi connectivity index (χ3n) is 1.63. The average Bonchev–Trinajstić information content (AvgIpc) is 2.13. The summed E-state index contributed by atoms with van der Waals surface area (Å²) in [6, 6.07) is 5.41. The average molecular weight is 217 g/mol. The zero-order valence-electron chi connectivity index (χ0n) is 7.22. The highest BCUT2D eigenvalue weighted by atomic mass is 35.5. The summed E-state index contributed by atoms with van der Waals surface area (Å²) in [6.45, 7) is 1.86. The van der Waals surface area contributed by atoms with Gasteiger partial charge in [0.2, 0.25) is 0 Å². The Morgan fingerprint density at radius 1 is 1.46 bits per heavy atom. The van der Waals surface area contributed by atoms with Crippen LogP contribution in [0.2, 0.25) is 10.0 Å². The molecule has 0 atom stereocenters. The molecule has 0 amide bonds. The molecule has 1 rings (SSSR count). The lowest BCUT2D eigenvalue weighted by molar-refractivity contribution is 0.332. The number of rotatable bonds is 2. The van der Waals surface area contributed by atoms with Crippen LogP contribution in [0.5, 0.6) is 0 Å². The number of halogens is 2. The highest BCUT2D eigenvalue weighted by molar-refractivity contribution is 6.42. The summed E-state index contributed by atoms with van der Waals surface area (Å²) in [5.41, 5.74) is 1.69. The Morgan fingerprint density at radius 2 is 2.15 bits per heavy atom. The number of aliphatic hydroxyl groups excluding tert-OH is 1. The van der Waals surface area contributed by atoms with Gasteiger partial charge in [-0.25, -0.2) is 0 Å². The lowest BCUT2D eigenvalue weighted by Crippen LogP contribution is -1.84. The molecule has 0 heterocycles. The first-order valence-corrected chi connectivity index (χ1v) is 4.63. The van der Waals surface area contributed by atoms with E-state index in [1.54, 1.807) is 6.07 Å². The zero-order chi connectivity index (χ0) is 9.84. The SMILES string of the molecule is CC(=Cc1cccc(Cl)c1Cl)CO. The van der Waals surface area contributed by atoms with Gasteiger partial charge in [0.25, 0.3) is 0 Å². The molecule has 1 aromatic carbocycles. The first-order chi connectivity index (χ1) is 6.15. The van der Waals surface area contributed by atoms with Crippen LogP contribution in [0, 0.1) is 0 Å². The number of benzene rings is 1. The van der Waals surface area contributed by atoms with Crippen molar-refractivity contribution in [2.45, 2.75) is 6.92 Å². The summed E-state index contributed by atoms with van der Waals surface area (Å²) < 4.78 is 0. The smallest absolute Gasteiger partial charge is 0.0664 e. The van der Waals surface area contributed by atoms with Gasteiger partial charge in [-0.3, -0.25) is 0 Å². The standard InChI is InChI=1S/C10H10Cl2O/c1-7(6-13)5-8-3-2-4-9(11)10(8)12/h2-5,13H,6H2,1H3. The van der Waals surface area contributed by atoms with E-state index >= 15 is 0 Å². The van der Waals surface area contributed by atoms with E-state index < -0.39 is 0 Å². The number of aliphatic hydroxyl groups is 1. The largest absolute Gasteiger partial charge is 0.392 e. The van der Waals surface area contributed by atoms with Gasteiger partial charge in [-0.15, -0.1) is 0 Å². The fourth-order valence-corrected chi connectivity index (χ4v) is 1.31. The van der Waals surface area contributed by atoms with Crippen molar-refractivity contribution in [3.63, 3.8) is 0 Å². The summed E-state index contributed by atoms with van der Waals surface area (Å²) in [5.74, 6) is 0. The monoisotopic (exact) mass is 216 g/mol. The van der Waals surface area contributed by atoms with Gasteiger partial charge >= 0.3 is 0 Å². The molecule has 0 unspecified atom stereocenters. The first kappa shape index (κ1) is 10.6. The lowest BCUT2D eigenvalue weighted by Gasteiger charge is -2.01. The van der Waals surface area contributed by atoms with Gasteiger partial charge in [-0.2, -0.15) is 0 Å². The number of hydrogen-bond acceptors (Lipinski definition) is 1. The van der Waals surface area contributed by atoms with Crippen LogP contribution in [-0.2, 0) is 0 Å². The third-order valence-corrected chi connectivity index (χ3v) is 2.47. The van der Waals surface area contributed by atoms with Crippen molar-refractivity contribution in [1.29, 1.82) is 0 Å². The molecule has 0 aliphatic heterocycles. The molecule has 0 spiro atoms. The first-order valence-electron chi connectivity index (χ1n) is 3.87. The van der Waals surface area contributed by atoms with Crippen molar-refractivity contribution in [3.8, 4) is 0 Å². The normalized spacial score (nSPS) is 11.8. The van der Waals surface area contributed by atoms with Crippen LogP contribution in [0.3, 0.4) is 0 Å². The third kappa shape index (κ3) is 2.73. The minimum Gasteiger partial charge on any atom is -0.392 e. The van der Waals surface area contributed by atoms with Crippen LogP contribution in [0.1, 0.15) is 12.5 Å². The molecule has 70 valence electrons. The molecule has 1 nitrogen and oxygen atoms in total. The molecule has 0 aliphatic rings. The van der Waals surface area contributed by atoms with Crippen LogP contribution < -0.4 is 0 Å². The van der Waals surface area contributed by atoms with E-state index in [1.165, 1.54) is 0 Å². The molecule has 0 bridgehead atoms. The van der Waals surface area contributed by atoms with Gasteiger partial charge in [0, 0.05) is 0 Å². The maximum atomic E-state index is 8.81. The Bertz CT molecular complexity index is 332. The molecule has 0 aliphatic carbocycles. The quantitative estimate of drug-likeness (QED) is 0.804. The molecule has 0 saturated heterocycles. The van der Waals surface area contributed by atoms with Crippen LogP contribution in [0.15, 0.2) is 23.8 Å². The van der Waals surface area contributed by atoms with Gasteiger partial charge in [-0.1, -0.05) is 41.4 Å². The van der Waals surface area contributed by atoms with E-state index in [-0.39, 0.29) is 6.61 Å². The molecule has 0 radical (unpaired) electrons. The van der Waals surface area contributed by atoms with Crippen LogP contribution in [-0.4, -0.2) is 11.7 Å². The topological polar surface area (TPSA) is 20.2 Å². The predicted octanol–water partition coefficient (Wildman–Crippen LogP) is 3.39. The van der Waals surface area contributed by atoms with Crippen LogP contribution >= 0.6 is 23.2 Å². The zero-order valence-corrected chi connectivity index (χ0v) is 8.73. The minimum absolute atomic E-state index is 0.0306. The van der Waals surface area contributed by atoms with E-state index in [1.807, 2.05) is 25.1 Å². The van der Waals surface area contributed by atoms with Gasteiger partial charge in [0.15, 0.2) is 0 Å². The lowest BCUT2D eigenvalue weighted by atomic mass is 10.1. The second kappa shape index (κ2) is 4.66. The van der Waals surface area contributed by atoms with E-state index in [2.05, 4.69) is 0 Å². The highest BCUT2D eigenvalue weighted by Gasteiger charge is 2.01. The van der Waals surface area contributed by atoms with Gasteiger partial charge in [0.05, 0.1) is 16.7 Å². The second-order valence-electron chi connectivity index (χ2n) is 2.79. The summed E-state index contributed by atoms with van der Waals surface area (Å²) in [6.07, 6.45) is 1.81. The molecule has 1 N–H and O–H groups in total. The van der Waals surface area contributed by atoms with E-state index in [4.69, 9.17) is 28.3 Å². The summed E-state index contributed by atoms with van der Waals surface area (Å²) in [7, 11) is 0. The Hall–Kier alpha value is -0.500. The molecular formula is C10H10Cl2O. The van der Waals surface area contributed by atoms with Crippen LogP contribution in [0.25, 0.3) is 6.08 Å². The summed E-state index contributed by atoms with van der Waals surface area (Å²) in [4.78, 5) is 0. The summed E-state index contributed by atoms with van der Waals surface area (Å²) >= 11 is 11.8. The van der Waals surface area contributed by atoms with E-state index in [9.17, 15) is 0 Å². The molecule has 13 heavy (non-hydrogen) atoms. The van der Waals surface area contributed by atoms with Gasteiger partial charge in [-0.05, 0) is 24.1 Å². The van der Waals surface area contributed by atoms with Crippen molar-refractivity contribution < 1.29 is 5.11 Å². The van der Waals surface area contributed by atoms with Gasteiger partial charge in [0.1, 0.15) is 0 Å². The predicted molar refractivity (Wildman–Crippen MR) is 57.2 cm³/mol. The number of hydrogen-bond donors (Lipinski definition) is 1. The molecule has 0 aromatic heterocycles. The van der Waals surface area contributed by atoms with Crippen molar-refractivity contribution >= 4 is 29.3 Å². The molecule has 1 aromatic rings. The maximum absolute atomic E-state index is 8.81. The Labute approximate surface area is 87.6 Å². The Morgan fingerprint density at radius 3 is 2.77 bits per heavy atom. The maximum Gasteiger partial charge on any atom is 0.0664 e. The highest BCUT2D eigenvalue weighted by Crippen LogP contribution is 2.26. The molecule has 0 saturated carbocycles. The molecule has 0 fully saturated rings. The van der Waals surface area contributed by atoms with Crippen molar-refractivity contribution in [2.75, 3.05) is 6.61 Å². The van der Waals surface area contributed by atoms with Gasteiger partial charge < -0.3 is 5.11 Å². The van der Waals surface area contributed by atoms with Crippen molar-refractivity contribution in [1.82, 2.24) is 0 Å². The fraction of sp³-hybridized carbons (Fsp3) is 0.200. The molecular weight excluding hydrogens is 207 g/mol. The Balaban J connectivity index is 3.09. The molecule has 3 heteroatoms. The fourth-order valence-electron chi connectivity index (χ4n) is 0.943. The van der Waals surface area contributed by atoms with Crippen LogP contribution in [0.4, 0.5) is 0 Å². The van der Waals surface area contributed by atoms with E-state index in [0.717, 1.165) is 11.1 Å². The minimum atomic E-state index is 0.0306. The van der Waals surface area contributed by atoms with E-state index in [0.29, 0.717) is 10.0 Å². The van der Waals surface area contributed by atoms with Crippen molar-refractivity contribution in [3.05, 3.63) is 39.4 Å². The summed E-state index contributed by atoms with van der Waals surface area (Å²) in [5, 5.41) is 9.87. The second-order valence-corrected chi connectivity index (χ2v) is 3.58. The van der Waals surface area contributed by atoms with Crippen molar-refractivity contribution in [2.24, 2.45) is 0 Å². The Kier molecular flexibility index (Phi) is 3.79.